The smallest absolute Gasteiger partial charge is 0.0144 e. The van der Waals surface area contributed by atoms with Crippen molar-refractivity contribution in [2.75, 3.05) is 0 Å². The van der Waals surface area contributed by atoms with E-state index in [-0.39, 0.29) is 7.43 Å². The molecule has 0 saturated heterocycles. The van der Waals surface area contributed by atoms with E-state index in [0.717, 1.165) is 0 Å². The second-order valence-electron chi connectivity index (χ2n) is 5.98. The van der Waals surface area contributed by atoms with E-state index in [1.807, 2.05) is 27.7 Å². The number of rotatable bonds is 2. The minimum absolute atomic E-state index is 0. The first kappa shape index (κ1) is 24.0. The highest BCUT2D eigenvalue weighted by Gasteiger charge is 2.14. The predicted octanol–water partition coefficient (Wildman–Crippen LogP) is 8.39. The third-order valence-corrected chi connectivity index (χ3v) is 4.02. The third-order valence-electron chi connectivity index (χ3n) is 4.02. The van der Waals surface area contributed by atoms with Crippen molar-refractivity contribution >= 4 is 10.8 Å². The molecular weight excluding hydrogens is 276 g/mol. The molecule has 2 rings (SSSR count). The average molecular weight is 317 g/mol. The molecule has 0 fully saturated rings. The molecule has 0 atom stereocenters. The third kappa shape index (κ3) is 5.37. The molecule has 0 heterocycles. The molecule has 0 aliphatic rings. The van der Waals surface area contributed by atoms with Gasteiger partial charge in [-0.1, -0.05) is 87.1 Å². The van der Waals surface area contributed by atoms with Gasteiger partial charge in [0.1, 0.15) is 0 Å². The minimum atomic E-state index is 0. The molecule has 2 aromatic carbocycles. The van der Waals surface area contributed by atoms with Crippen LogP contribution in [0.5, 0.6) is 0 Å². The lowest BCUT2D eigenvalue weighted by Crippen LogP contribution is -2.00. The van der Waals surface area contributed by atoms with Gasteiger partial charge in [0.2, 0.25) is 0 Å². The van der Waals surface area contributed by atoms with Crippen molar-refractivity contribution in [1.82, 2.24) is 0 Å². The van der Waals surface area contributed by atoms with Crippen molar-refractivity contribution in [3.8, 4) is 0 Å². The summed E-state index contributed by atoms with van der Waals surface area (Å²) >= 11 is 0. The van der Waals surface area contributed by atoms with E-state index in [9.17, 15) is 0 Å². The topological polar surface area (TPSA) is 0 Å². The second-order valence-corrected chi connectivity index (χ2v) is 5.98. The first-order valence-corrected chi connectivity index (χ1v) is 8.96. The van der Waals surface area contributed by atoms with Crippen LogP contribution in [0.25, 0.3) is 10.8 Å². The molecule has 0 aliphatic heterocycles. The summed E-state index contributed by atoms with van der Waals surface area (Å²) in [5.41, 5.74) is 5.84. The van der Waals surface area contributed by atoms with Gasteiger partial charge < -0.3 is 0 Å². The van der Waals surface area contributed by atoms with Crippen LogP contribution in [-0.2, 0) is 0 Å². The normalized spacial score (nSPS) is 9.74. The number of aryl methyl sites for hydroxylation is 2. The van der Waals surface area contributed by atoms with E-state index in [4.69, 9.17) is 0 Å². The lowest BCUT2D eigenvalue weighted by atomic mass is 9.85. The van der Waals surface area contributed by atoms with E-state index in [2.05, 4.69) is 65.8 Å². The fraction of sp³-hybridized carbons (Fsp3) is 0.565. The first-order valence-electron chi connectivity index (χ1n) is 8.96. The lowest BCUT2D eigenvalue weighted by Gasteiger charge is -2.20. The number of benzene rings is 2. The van der Waals surface area contributed by atoms with Crippen LogP contribution in [0.3, 0.4) is 0 Å². The summed E-state index contributed by atoms with van der Waals surface area (Å²) in [6.45, 7) is 21.6. The fourth-order valence-electron chi connectivity index (χ4n) is 2.85. The molecule has 0 saturated carbocycles. The molecule has 0 unspecified atom stereocenters. The predicted molar refractivity (Wildman–Crippen MR) is 111 cm³/mol. The van der Waals surface area contributed by atoms with Gasteiger partial charge in [0.25, 0.3) is 0 Å². The molecule has 0 aromatic heterocycles. The van der Waals surface area contributed by atoms with Crippen molar-refractivity contribution in [1.29, 1.82) is 0 Å². The average Bonchev–Trinajstić information content (AvgIpc) is 2.53. The van der Waals surface area contributed by atoms with Gasteiger partial charge in [0.15, 0.2) is 0 Å². The fourth-order valence-corrected chi connectivity index (χ4v) is 2.85. The van der Waals surface area contributed by atoms with Gasteiger partial charge in [0.05, 0.1) is 0 Å². The second kappa shape index (κ2) is 11.3. The molecule has 0 bridgehead atoms. The maximum absolute atomic E-state index is 2.33. The van der Waals surface area contributed by atoms with Gasteiger partial charge in [-0.05, 0) is 58.7 Å². The Balaban J connectivity index is 0. The van der Waals surface area contributed by atoms with Crippen LogP contribution >= 0.6 is 0 Å². The van der Waals surface area contributed by atoms with E-state index in [0.29, 0.717) is 11.8 Å². The van der Waals surface area contributed by atoms with Crippen molar-refractivity contribution in [2.24, 2.45) is 0 Å². The summed E-state index contributed by atoms with van der Waals surface area (Å²) < 4.78 is 0. The van der Waals surface area contributed by atoms with Crippen LogP contribution in [0.4, 0.5) is 0 Å². The van der Waals surface area contributed by atoms with Gasteiger partial charge in [-0.2, -0.15) is 0 Å². The van der Waals surface area contributed by atoms with Gasteiger partial charge >= 0.3 is 0 Å². The largest absolute Gasteiger partial charge is 0.0776 e. The van der Waals surface area contributed by atoms with Crippen LogP contribution in [-0.4, -0.2) is 0 Å². The molecule has 0 radical (unpaired) electrons. The number of hydrogen-bond acceptors (Lipinski definition) is 0. The van der Waals surface area contributed by atoms with E-state index >= 15 is 0 Å². The first-order chi connectivity index (χ1) is 10.4. The van der Waals surface area contributed by atoms with Crippen LogP contribution in [0.2, 0.25) is 0 Å². The van der Waals surface area contributed by atoms with E-state index < -0.39 is 0 Å². The van der Waals surface area contributed by atoms with Crippen molar-refractivity contribution in [3.05, 3.63) is 46.5 Å². The standard InChI is InChI=1S/C18H24.2C2H6.CH4/c1-11(2)15-9-10-16-14(6)13(5)7-8-17(16)18(15)12(3)4;2*1-2;/h7-12H,1-6H3;2*1-2H3;1H4. The molecule has 0 heteroatoms. The summed E-state index contributed by atoms with van der Waals surface area (Å²) in [5, 5.41) is 2.86. The molecule has 132 valence electrons. The van der Waals surface area contributed by atoms with Crippen LogP contribution in [0, 0.1) is 13.8 Å². The SMILES string of the molecule is C.CC.CC.Cc1ccc2c(C(C)C)c(C(C)C)ccc2c1C. The highest BCUT2D eigenvalue weighted by atomic mass is 14.2. The molecule has 2 aromatic rings. The van der Waals surface area contributed by atoms with Crippen LogP contribution in [0.15, 0.2) is 24.3 Å². The molecule has 0 amide bonds. The minimum Gasteiger partial charge on any atom is -0.0776 e. The van der Waals surface area contributed by atoms with Gasteiger partial charge in [-0.3, -0.25) is 0 Å². The van der Waals surface area contributed by atoms with Crippen molar-refractivity contribution < 1.29 is 0 Å². The van der Waals surface area contributed by atoms with Crippen molar-refractivity contribution in [3.63, 3.8) is 0 Å². The summed E-state index contributed by atoms with van der Waals surface area (Å²) in [7, 11) is 0. The Kier molecular flexibility index (Phi) is 11.7. The summed E-state index contributed by atoms with van der Waals surface area (Å²) in [5.74, 6) is 1.17. The number of hydrogen-bond donors (Lipinski definition) is 0. The maximum atomic E-state index is 2.33. The number of fused-ring (bicyclic) bond motifs is 1. The van der Waals surface area contributed by atoms with Gasteiger partial charge in [-0.25, -0.2) is 0 Å². The van der Waals surface area contributed by atoms with E-state index in [1.165, 1.54) is 33.0 Å². The van der Waals surface area contributed by atoms with Gasteiger partial charge in [0, 0.05) is 0 Å². The lowest BCUT2D eigenvalue weighted by molar-refractivity contribution is 0.798. The highest BCUT2D eigenvalue weighted by molar-refractivity contribution is 5.90. The summed E-state index contributed by atoms with van der Waals surface area (Å²) in [6.07, 6.45) is 0. The quantitative estimate of drug-likeness (QED) is 0.521. The summed E-state index contributed by atoms with van der Waals surface area (Å²) in [4.78, 5) is 0. The monoisotopic (exact) mass is 316 g/mol. The zero-order chi connectivity index (χ0) is 17.4. The summed E-state index contributed by atoms with van der Waals surface area (Å²) in [6, 6.07) is 9.19. The molecule has 0 spiro atoms. The Morgan fingerprint density at radius 1 is 0.652 bits per heavy atom. The zero-order valence-electron chi connectivity index (χ0n) is 16.5. The highest BCUT2D eigenvalue weighted by Crippen LogP contribution is 2.34. The molecule has 0 N–H and O–H groups in total. The molecular formula is C23H40. The maximum Gasteiger partial charge on any atom is -0.0144 e. The molecule has 0 nitrogen and oxygen atoms in total. The Morgan fingerprint density at radius 2 is 1.13 bits per heavy atom. The Morgan fingerprint density at radius 3 is 1.57 bits per heavy atom. The van der Waals surface area contributed by atoms with E-state index in [1.54, 1.807) is 0 Å². The Labute approximate surface area is 146 Å². The van der Waals surface area contributed by atoms with Crippen LogP contribution in [0.1, 0.15) is 96.9 Å². The Hall–Kier alpha value is -1.30. The van der Waals surface area contributed by atoms with Gasteiger partial charge in [-0.15, -0.1) is 0 Å². The van der Waals surface area contributed by atoms with Crippen LogP contribution < -0.4 is 0 Å². The Bertz CT molecular complexity index is 574. The van der Waals surface area contributed by atoms with Crippen molar-refractivity contribution in [2.45, 2.75) is 88.5 Å². The molecule has 23 heavy (non-hydrogen) atoms. The molecule has 0 aliphatic carbocycles. The zero-order valence-corrected chi connectivity index (χ0v) is 16.5.